The highest BCUT2D eigenvalue weighted by Crippen LogP contribution is 2.47. The smallest absolute Gasteiger partial charge is 0.396 e. The van der Waals surface area contributed by atoms with Crippen molar-refractivity contribution in [3.8, 4) is 0 Å². The quantitative estimate of drug-likeness (QED) is 0.650. The predicted octanol–water partition coefficient (Wildman–Crippen LogP) is 4.48. The number of carbonyl (C=O) groups is 1. The molecule has 5 atom stereocenters. The molecular formula is C26H37F3N2O3. The molecule has 1 aromatic carbocycles. The number of fused-ring (bicyclic) bond motifs is 1. The molecule has 1 saturated carbocycles. The Morgan fingerprint density at radius 1 is 1.29 bits per heavy atom. The SMILES string of the molecule is CC(C)[C@]1(C(=O)N2Cc3cc(C(F)(F)F)ccc3C(CO)C2)CC[C@@H](NC2CCO[C@H](C)C2)C1. The molecule has 1 saturated heterocycles. The van der Waals surface area contributed by atoms with E-state index in [0.717, 1.165) is 50.8 Å². The number of hydrogen-bond acceptors (Lipinski definition) is 4. The molecule has 0 aromatic heterocycles. The van der Waals surface area contributed by atoms with Gasteiger partial charge >= 0.3 is 6.18 Å². The lowest BCUT2D eigenvalue weighted by Crippen LogP contribution is -2.50. The summed E-state index contributed by atoms with van der Waals surface area (Å²) < 4.78 is 45.6. The monoisotopic (exact) mass is 482 g/mol. The molecule has 2 unspecified atom stereocenters. The number of halogens is 3. The van der Waals surface area contributed by atoms with Gasteiger partial charge in [-0.15, -0.1) is 0 Å². The molecule has 1 amide bonds. The highest BCUT2D eigenvalue weighted by molar-refractivity contribution is 5.84. The van der Waals surface area contributed by atoms with Crippen LogP contribution in [0.25, 0.3) is 0 Å². The van der Waals surface area contributed by atoms with Gasteiger partial charge in [-0.25, -0.2) is 0 Å². The first kappa shape index (κ1) is 25.5. The average molecular weight is 483 g/mol. The molecule has 2 N–H and O–H groups in total. The van der Waals surface area contributed by atoms with Gasteiger partial charge in [0.1, 0.15) is 0 Å². The summed E-state index contributed by atoms with van der Waals surface area (Å²) in [6, 6.07) is 4.30. The third-order valence-electron chi connectivity index (χ3n) is 8.26. The normalized spacial score (nSPS) is 32.2. The first-order valence-corrected chi connectivity index (χ1v) is 12.5. The zero-order chi connectivity index (χ0) is 24.7. The third kappa shape index (κ3) is 5.00. The Kier molecular flexibility index (Phi) is 7.32. The molecular weight excluding hydrogens is 445 g/mol. The fourth-order valence-electron chi connectivity index (χ4n) is 6.24. The summed E-state index contributed by atoms with van der Waals surface area (Å²) in [7, 11) is 0. The van der Waals surface area contributed by atoms with E-state index in [9.17, 15) is 23.1 Å². The molecule has 0 spiro atoms. The van der Waals surface area contributed by atoms with E-state index in [0.29, 0.717) is 23.7 Å². The Balaban J connectivity index is 1.53. The Labute approximate surface area is 200 Å². The number of hydrogen-bond donors (Lipinski definition) is 2. The summed E-state index contributed by atoms with van der Waals surface area (Å²) in [5.74, 6) is -0.261. The topological polar surface area (TPSA) is 61.8 Å². The number of ether oxygens (including phenoxy) is 1. The van der Waals surface area contributed by atoms with Crippen LogP contribution in [-0.2, 0) is 22.3 Å². The van der Waals surface area contributed by atoms with Crippen LogP contribution in [0.1, 0.15) is 75.5 Å². The maximum atomic E-state index is 14.0. The molecule has 8 heteroatoms. The van der Waals surface area contributed by atoms with Crippen LogP contribution in [0, 0.1) is 11.3 Å². The van der Waals surface area contributed by atoms with E-state index in [4.69, 9.17) is 4.74 Å². The molecule has 2 fully saturated rings. The van der Waals surface area contributed by atoms with E-state index in [2.05, 4.69) is 26.1 Å². The van der Waals surface area contributed by atoms with Crippen LogP contribution < -0.4 is 5.32 Å². The fraction of sp³-hybridized carbons (Fsp3) is 0.731. The molecule has 34 heavy (non-hydrogen) atoms. The Bertz CT molecular complexity index is 891. The molecule has 4 rings (SSSR count). The number of nitrogens with zero attached hydrogens (tertiary/aromatic N) is 1. The zero-order valence-corrected chi connectivity index (χ0v) is 20.3. The van der Waals surface area contributed by atoms with Gasteiger partial charge in [-0.3, -0.25) is 4.79 Å². The number of rotatable bonds is 5. The van der Waals surface area contributed by atoms with Gasteiger partial charge in [0.25, 0.3) is 0 Å². The second-order valence-electron chi connectivity index (χ2n) is 10.8. The van der Waals surface area contributed by atoms with Crippen molar-refractivity contribution in [2.45, 2.75) is 89.7 Å². The predicted molar refractivity (Wildman–Crippen MR) is 123 cm³/mol. The number of benzene rings is 1. The molecule has 1 aromatic rings. The number of amides is 1. The van der Waals surface area contributed by atoms with E-state index in [1.54, 1.807) is 4.90 Å². The van der Waals surface area contributed by atoms with Gasteiger partial charge in [-0.2, -0.15) is 13.2 Å². The lowest BCUT2D eigenvalue weighted by Gasteiger charge is -2.42. The van der Waals surface area contributed by atoms with E-state index < -0.39 is 17.2 Å². The number of alkyl halides is 3. The summed E-state index contributed by atoms with van der Waals surface area (Å²) in [6.45, 7) is 7.25. The van der Waals surface area contributed by atoms with Crippen LogP contribution in [0.15, 0.2) is 18.2 Å². The van der Waals surface area contributed by atoms with Crippen LogP contribution in [0.2, 0.25) is 0 Å². The van der Waals surface area contributed by atoms with Gasteiger partial charge in [0.2, 0.25) is 5.91 Å². The average Bonchev–Trinajstić information content (AvgIpc) is 3.22. The Morgan fingerprint density at radius 3 is 2.71 bits per heavy atom. The number of nitrogens with one attached hydrogen (secondary N) is 1. The van der Waals surface area contributed by atoms with Gasteiger partial charge in [0.05, 0.1) is 23.7 Å². The van der Waals surface area contributed by atoms with Gasteiger partial charge < -0.3 is 20.1 Å². The van der Waals surface area contributed by atoms with Crippen LogP contribution >= 0.6 is 0 Å². The summed E-state index contributed by atoms with van der Waals surface area (Å²) in [5, 5.41) is 13.7. The van der Waals surface area contributed by atoms with Crippen molar-refractivity contribution >= 4 is 5.91 Å². The van der Waals surface area contributed by atoms with Gasteiger partial charge in [-0.1, -0.05) is 19.9 Å². The fourth-order valence-corrected chi connectivity index (χ4v) is 6.24. The van der Waals surface area contributed by atoms with Crippen molar-refractivity contribution in [1.82, 2.24) is 10.2 Å². The third-order valence-corrected chi connectivity index (χ3v) is 8.26. The van der Waals surface area contributed by atoms with E-state index in [1.165, 1.54) is 6.07 Å². The van der Waals surface area contributed by atoms with E-state index in [-0.39, 0.29) is 43.0 Å². The van der Waals surface area contributed by atoms with Gasteiger partial charge in [0.15, 0.2) is 0 Å². The number of aliphatic hydroxyl groups is 1. The molecule has 1 aliphatic carbocycles. The first-order valence-electron chi connectivity index (χ1n) is 12.5. The lowest BCUT2D eigenvalue weighted by molar-refractivity contribution is -0.146. The maximum absolute atomic E-state index is 14.0. The van der Waals surface area contributed by atoms with E-state index >= 15 is 0 Å². The highest BCUT2D eigenvalue weighted by atomic mass is 19.4. The van der Waals surface area contributed by atoms with Crippen molar-refractivity contribution in [3.05, 3.63) is 34.9 Å². The van der Waals surface area contributed by atoms with Crippen molar-refractivity contribution in [2.24, 2.45) is 11.3 Å². The summed E-state index contributed by atoms with van der Waals surface area (Å²) in [6.07, 6.45) is 0.104. The second kappa shape index (κ2) is 9.78. The standard InChI is InChI=1S/C26H37F3N2O3/c1-16(2)25(8-6-22(12-25)30-21-7-9-34-17(3)10-21)24(33)31-13-18-11-20(26(27,28)29)4-5-23(18)19(14-31)15-32/h4-5,11,16-17,19,21-22,30,32H,6-10,12-15H2,1-3H3/t17-,19?,21?,22-,25+/m1/s1. The minimum absolute atomic E-state index is 0.00802. The maximum Gasteiger partial charge on any atom is 0.416 e. The molecule has 0 radical (unpaired) electrons. The largest absolute Gasteiger partial charge is 0.416 e. The molecule has 2 aliphatic heterocycles. The summed E-state index contributed by atoms with van der Waals surface area (Å²) in [5.41, 5.74) is -0.0752. The number of aliphatic hydroxyl groups excluding tert-OH is 1. The van der Waals surface area contributed by atoms with Crippen molar-refractivity contribution in [3.63, 3.8) is 0 Å². The van der Waals surface area contributed by atoms with Crippen LogP contribution in [-0.4, -0.2) is 53.9 Å². The van der Waals surface area contributed by atoms with Gasteiger partial charge in [-0.05, 0) is 68.2 Å². The first-order chi connectivity index (χ1) is 16.0. The Hall–Kier alpha value is -1.64. The minimum atomic E-state index is -4.44. The molecule has 190 valence electrons. The summed E-state index contributed by atoms with van der Waals surface area (Å²) >= 11 is 0. The van der Waals surface area contributed by atoms with Crippen LogP contribution in [0.5, 0.6) is 0 Å². The Morgan fingerprint density at radius 2 is 2.06 bits per heavy atom. The van der Waals surface area contributed by atoms with Crippen molar-refractivity contribution in [2.75, 3.05) is 19.8 Å². The van der Waals surface area contributed by atoms with Crippen LogP contribution in [0.4, 0.5) is 13.2 Å². The molecule has 5 nitrogen and oxygen atoms in total. The molecule has 3 aliphatic rings. The second-order valence-corrected chi connectivity index (χ2v) is 10.8. The van der Waals surface area contributed by atoms with Crippen molar-refractivity contribution in [1.29, 1.82) is 0 Å². The molecule has 0 bridgehead atoms. The van der Waals surface area contributed by atoms with E-state index in [1.807, 2.05) is 0 Å². The van der Waals surface area contributed by atoms with Crippen LogP contribution in [0.3, 0.4) is 0 Å². The lowest BCUT2D eigenvalue weighted by atomic mass is 9.73. The van der Waals surface area contributed by atoms with Gasteiger partial charge in [0, 0.05) is 37.7 Å². The minimum Gasteiger partial charge on any atom is -0.396 e. The summed E-state index contributed by atoms with van der Waals surface area (Å²) in [4.78, 5) is 15.7. The van der Waals surface area contributed by atoms with Crippen molar-refractivity contribution < 1.29 is 27.8 Å². The zero-order valence-electron chi connectivity index (χ0n) is 20.3. The highest BCUT2D eigenvalue weighted by Gasteiger charge is 2.50. The molecule has 2 heterocycles. The number of carbonyl (C=O) groups excluding carboxylic acids is 1.